The molecule has 0 amide bonds. The van der Waals surface area contributed by atoms with Gasteiger partial charge in [0.15, 0.2) is 0 Å². The maximum Gasteiger partial charge on any atom is 0.338 e. The molecule has 5 heteroatoms. The normalized spacial score (nSPS) is 10.4. The highest BCUT2D eigenvalue weighted by molar-refractivity contribution is 6.36. The number of carbonyl (C=O) groups is 1. The second kappa shape index (κ2) is 4.06. The van der Waals surface area contributed by atoms with Crippen LogP contribution in [0.4, 0.5) is 4.39 Å². The topological polar surface area (TPSA) is 39.2 Å². The molecule has 0 aliphatic heterocycles. The minimum Gasteiger partial charge on any atom is -0.465 e. The van der Waals surface area contributed by atoms with Crippen LogP contribution >= 0.6 is 11.6 Å². The first kappa shape index (κ1) is 10.8. The summed E-state index contributed by atoms with van der Waals surface area (Å²) in [6.07, 6.45) is 1.34. The fraction of sp³-hybridized carbons (Fsp3) is 0.0909. The number of benzene rings is 1. The van der Waals surface area contributed by atoms with Crippen LogP contribution in [0.25, 0.3) is 10.9 Å². The van der Waals surface area contributed by atoms with Gasteiger partial charge < -0.3 is 4.74 Å². The van der Waals surface area contributed by atoms with Crippen molar-refractivity contribution in [3.8, 4) is 0 Å². The van der Waals surface area contributed by atoms with Crippen molar-refractivity contribution >= 4 is 28.5 Å². The molecule has 16 heavy (non-hydrogen) atoms. The van der Waals surface area contributed by atoms with Gasteiger partial charge in [0.2, 0.25) is 0 Å². The van der Waals surface area contributed by atoms with Crippen LogP contribution in [-0.4, -0.2) is 18.1 Å². The minimum absolute atomic E-state index is 0.0652. The lowest BCUT2D eigenvalue weighted by atomic mass is 10.1. The Bertz CT molecular complexity index is 571. The predicted molar refractivity (Wildman–Crippen MR) is 58.1 cm³/mol. The van der Waals surface area contributed by atoms with E-state index in [-0.39, 0.29) is 21.5 Å². The number of aromatic nitrogens is 1. The standard InChI is InChI=1S/C11H7ClFNO2/c1-16-11(15)6-4-5-14-10-8(13)3-2-7(12)9(6)10/h2-5H,1H3. The first-order chi connectivity index (χ1) is 7.65. The molecule has 0 N–H and O–H groups in total. The number of ether oxygens (including phenoxy) is 1. The fourth-order valence-electron chi connectivity index (χ4n) is 1.47. The Kier molecular flexibility index (Phi) is 2.75. The largest absolute Gasteiger partial charge is 0.465 e. The van der Waals surface area contributed by atoms with E-state index in [4.69, 9.17) is 11.6 Å². The quantitative estimate of drug-likeness (QED) is 0.719. The average molecular weight is 240 g/mol. The maximum atomic E-state index is 13.4. The highest BCUT2D eigenvalue weighted by atomic mass is 35.5. The van der Waals surface area contributed by atoms with Crippen molar-refractivity contribution in [1.82, 2.24) is 4.98 Å². The van der Waals surface area contributed by atoms with Gasteiger partial charge in [-0.05, 0) is 18.2 Å². The van der Waals surface area contributed by atoms with Crippen LogP contribution in [-0.2, 0) is 4.74 Å². The van der Waals surface area contributed by atoms with E-state index in [0.29, 0.717) is 0 Å². The third kappa shape index (κ3) is 1.61. The lowest BCUT2D eigenvalue weighted by Gasteiger charge is -2.06. The molecule has 2 aromatic rings. The molecule has 0 spiro atoms. The van der Waals surface area contributed by atoms with Crippen molar-refractivity contribution in [1.29, 1.82) is 0 Å². The Balaban J connectivity index is 2.86. The van der Waals surface area contributed by atoms with E-state index in [0.717, 1.165) is 0 Å². The Labute approximate surface area is 95.8 Å². The summed E-state index contributed by atoms with van der Waals surface area (Å²) in [5.41, 5.74) is 0.271. The molecule has 1 aromatic carbocycles. The average Bonchev–Trinajstić information content (AvgIpc) is 2.32. The van der Waals surface area contributed by atoms with E-state index < -0.39 is 11.8 Å². The van der Waals surface area contributed by atoms with Crippen LogP contribution in [0.2, 0.25) is 5.02 Å². The van der Waals surface area contributed by atoms with Crippen molar-refractivity contribution in [2.24, 2.45) is 0 Å². The first-order valence-corrected chi connectivity index (χ1v) is 4.84. The van der Waals surface area contributed by atoms with Gasteiger partial charge in [-0.3, -0.25) is 4.98 Å². The summed E-state index contributed by atoms with van der Waals surface area (Å²) in [6, 6.07) is 4.03. The number of nitrogens with zero attached hydrogens (tertiary/aromatic N) is 1. The molecule has 0 saturated heterocycles. The van der Waals surface area contributed by atoms with Crippen molar-refractivity contribution < 1.29 is 13.9 Å². The highest BCUT2D eigenvalue weighted by Gasteiger charge is 2.15. The monoisotopic (exact) mass is 239 g/mol. The molecule has 0 atom stereocenters. The van der Waals surface area contributed by atoms with Gasteiger partial charge in [-0.1, -0.05) is 11.6 Å². The van der Waals surface area contributed by atoms with E-state index in [1.54, 1.807) is 0 Å². The molecule has 0 aliphatic carbocycles. The number of methoxy groups -OCH3 is 1. The number of hydrogen-bond acceptors (Lipinski definition) is 3. The third-order valence-corrected chi connectivity index (χ3v) is 2.51. The summed E-state index contributed by atoms with van der Waals surface area (Å²) in [5, 5.41) is 0.543. The van der Waals surface area contributed by atoms with Crippen molar-refractivity contribution in [3.05, 3.63) is 40.8 Å². The number of halogens is 2. The van der Waals surface area contributed by atoms with E-state index in [1.807, 2.05) is 0 Å². The number of fused-ring (bicyclic) bond motifs is 1. The van der Waals surface area contributed by atoms with Crippen LogP contribution in [0.3, 0.4) is 0 Å². The Morgan fingerprint density at radius 2 is 2.19 bits per heavy atom. The summed E-state index contributed by atoms with van der Waals surface area (Å²) in [6.45, 7) is 0. The van der Waals surface area contributed by atoms with Gasteiger partial charge >= 0.3 is 5.97 Å². The van der Waals surface area contributed by atoms with Gasteiger partial charge in [-0.15, -0.1) is 0 Å². The molecule has 0 saturated carbocycles. The molecule has 0 bridgehead atoms. The van der Waals surface area contributed by atoms with Gasteiger partial charge in [-0.2, -0.15) is 0 Å². The lowest BCUT2D eigenvalue weighted by molar-refractivity contribution is 0.0603. The first-order valence-electron chi connectivity index (χ1n) is 4.46. The Hall–Kier alpha value is -1.68. The molecule has 82 valence electrons. The maximum absolute atomic E-state index is 13.4. The van der Waals surface area contributed by atoms with Gasteiger partial charge in [0.25, 0.3) is 0 Å². The third-order valence-electron chi connectivity index (χ3n) is 2.20. The number of pyridine rings is 1. The Morgan fingerprint density at radius 1 is 1.44 bits per heavy atom. The molecule has 1 heterocycles. The predicted octanol–water partition coefficient (Wildman–Crippen LogP) is 2.81. The zero-order chi connectivity index (χ0) is 11.7. The van der Waals surface area contributed by atoms with E-state index >= 15 is 0 Å². The zero-order valence-electron chi connectivity index (χ0n) is 8.33. The van der Waals surface area contributed by atoms with Crippen molar-refractivity contribution in [2.75, 3.05) is 7.11 Å². The second-order valence-electron chi connectivity index (χ2n) is 3.10. The molecule has 0 radical (unpaired) electrons. The van der Waals surface area contributed by atoms with E-state index in [9.17, 15) is 9.18 Å². The smallest absolute Gasteiger partial charge is 0.338 e. The van der Waals surface area contributed by atoms with Gasteiger partial charge in [-0.25, -0.2) is 9.18 Å². The highest BCUT2D eigenvalue weighted by Crippen LogP contribution is 2.27. The summed E-state index contributed by atoms with van der Waals surface area (Å²) >= 11 is 5.92. The molecule has 2 rings (SSSR count). The summed E-state index contributed by atoms with van der Waals surface area (Å²) in [4.78, 5) is 15.3. The fourth-order valence-corrected chi connectivity index (χ4v) is 1.73. The van der Waals surface area contributed by atoms with Crippen molar-refractivity contribution in [3.63, 3.8) is 0 Å². The number of carbonyl (C=O) groups excluding carboxylic acids is 1. The minimum atomic E-state index is -0.570. The number of rotatable bonds is 1. The van der Waals surface area contributed by atoms with E-state index in [2.05, 4.69) is 9.72 Å². The molecule has 0 unspecified atom stereocenters. The second-order valence-corrected chi connectivity index (χ2v) is 3.51. The lowest BCUT2D eigenvalue weighted by Crippen LogP contribution is -2.03. The van der Waals surface area contributed by atoms with Gasteiger partial charge in [0.05, 0.1) is 17.7 Å². The molecular formula is C11H7ClFNO2. The van der Waals surface area contributed by atoms with Gasteiger partial charge in [0.1, 0.15) is 11.3 Å². The Morgan fingerprint density at radius 3 is 2.88 bits per heavy atom. The SMILES string of the molecule is COC(=O)c1ccnc2c(F)ccc(Cl)c12. The molecule has 0 aliphatic rings. The van der Waals surface area contributed by atoms with Crippen LogP contribution in [0.15, 0.2) is 24.4 Å². The summed E-state index contributed by atoms with van der Waals surface area (Å²) in [7, 11) is 1.25. The molecule has 0 fully saturated rings. The van der Waals surface area contributed by atoms with E-state index in [1.165, 1.54) is 31.5 Å². The molecule has 1 aromatic heterocycles. The van der Waals surface area contributed by atoms with Crippen molar-refractivity contribution in [2.45, 2.75) is 0 Å². The molecular weight excluding hydrogens is 233 g/mol. The van der Waals surface area contributed by atoms with Crippen LogP contribution in [0, 0.1) is 5.82 Å². The molecule has 3 nitrogen and oxygen atoms in total. The van der Waals surface area contributed by atoms with Crippen LogP contribution in [0.1, 0.15) is 10.4 Å². The number of esters is 1. The van der Waals surface area contributed by atoms with Crippen LogP contribution in [0.5, 0.6) is 0 Å². The number of hydrogen-bond donors (Lipinski definition) is 0. The summed E-state index contributed by atoms with van der Waals surface area (Å²) < 4.78 is 18.0. The summed E-state index contributed by atoms with van der Waals surface area (Å²) in [5.74, 6) is -1.09. The van der Waals surface area contributed by atoms with Crippen LogP contribution < -0.4 is 0 Å². The van der Waals surface area contributed by atoms with Gasteiger partial charge in [0, 0.05) is 11.6 Å². The zero-order valence-corrected chi connectivity index (χ0v) is 9.08.